The highest BCUT2D eigenvalue weighted by atomic mass is 32.2. The molecule has 0 unspecified atom stereocenters. The first kappa shape index (κ1) is 18.0. The maximum Gasteiger partial charge on any atom is 0.326 e. The Balaban J connectivity index is 2.50. The summed E-state index contributed by atoms with van der Waals surface area (Å²) in [5.74, 6) is -0.587. The Kier molecular flexibility index (Phi) is 5.62. The molecule has 24 heavy (non-hydrogen) atoms. The molecule has 0 fully saturated rings. The van der Waals surface area contributed by atoms with Gasteiger partial charge >= 0.3 is 5.97 Å². The van der Waals surface area contributed by atoms with E-state index in [2.05, 4.69) is 0 Å². The van der Waals surface area contributed by atoms with Crippen LogP contribution in [0.15, 0.2) is 53.4 Å². The summed E-state index contributed by atoms with van der Waals surface area (Å²) in [6, 6.07) is 13.6. The van der Waals surface area contributed by atoms with Crippen molar-refractivity contribution in [3.8, 4) is 0 Å². The van der Waals surface area contributed by atoms with Gasteiger partial charge in [0.25, 0.3) is 10.0 Å². The van der Waals surface area contributed by atoms with Gasteiger partial charge in [-0.25, -0.2) is 8.42 Å². The van der Waals surface area contributed by atoms with E-state index in [-0.39, 0.29) is 18.0 Å². The first-order valence-corrected chi connectivity index (χ1v) is 9.11. The molecule has 0 aromatic heterocycles. The highest BCUT2D eigenvalue weighted by molar-refractivity contribution is 7.92. The molecule has 0 amide bonds. The van der Waals surface area contributed by atoms with E-state index >= 15 is 0 Å². The number of ether oxygens (including phenoxy) is 1. The van der Waals surface area contributed by atoms with Gasteiger partial charge in [0.1, 0.15) is 6.54 Å². The summed E-state index contributed by atoms with van der Waals surface area (Å²) in [4.78, 5) is 12.1. The Hall–Kier alpha value is -2.34. The standard InChI is InChI=1S/C18H21NO4S/c1-4-23-18(20)13-19(17-8-6-5-7-15(17)3)24(21,22)16-11-9-14(2)10-12-16/h5-12H,4,13H2,1-3H3. The van der Waals surface area contributed by atoms with Crippen molar-refractivity contribution in [3.05, 3.63) is 59.7 Å². The molecule has 2 rings (SSSR count). The van der Waals surface area contributed by atoms with Crippen LogP contribution >= 0.6 is 0 Å². The molecule has 0 aliphatic heterocycles. The van der Waals surface area contributed by atoms with Gasteiger partial charge in [-0.3, -0.25) is 9.10 Å². The molecule has 2 aromatic rings. The van der Waals surface area contributed by atoms with Crippen LogP contribution in [-0.2, 0) is 19.6 Å². The molecule has 6 heteroatoms. The third kappa shape index (κ3) is 3.94. The number of hydrogen-bond donors (Lipinski definition) is 0. The van der Waals surface area contributed by atoms with Crippen LogP contribution in [0.25, 0.3) is 0 Å². The monoisotopic (exact) mass is 347 g/mol. The quantitative estimate of drug-likeness (QED) is 0.754. The SMILES string of the molecule is CCOC(=O)CN(c1ccccc1C)S(=O)(=O)c1ccc(C)cc1. The lowest BCUT2D eigenvalue weighted by Crippen LogP contribution is -2.37. The number of sulfonamides is 1. The lowest BCUT2D eigenvalue weighted by atomic mass is 10.2. The second-order valence-corrected chi connectivity index (χ2v) is 7.28. The fourth-order valence-corrected chi connectivity index (χ4v) is 3.78. The van der Waals surface area contributed by atoms with Crippen molar-refractivity contribution in [1.82, 2.24) is 0 Å². The van der Waals surface area contributed by atoms with Crippen LogP contribution in [0.4, 0.5) is 5.69 Å². The predicted octanol–water partition coefficient (Wildman–Crippen LogP) is 3.06. The van der Waals surface area contributed by atoms with Crippen molar-refractivity contribution in [2.24, 2.45) is 0 Å². The number of carbonyl (C=O) groups is 1. The van der Waals surface area contributed by atoms with E-state index in [1.807, 2.05) is 13.0 Å². The van der Waals surface area contributed by atoms with E-state index in [1.54, 1.807) is 56.3 Å². The lowest BCUT2D eigenvalue weighted by Gasteiger charge is -2.25. The smallest absolute Gasteiger partial charge is 0.326 e. The number of anilines is 1. The zero-order valence-electron chi connectivity index (χ0n) is 14.0. The number of rotatable bonds is 6. The molecule has 0 heterocycles. The third-order valence-corrected chi connectivity index (χ3v) is 5.35. The fourth-order valence-electron chi connectivity index (χ4n) is 2.30. The minimum absolute atomic E-state index is 0.139. The van der Waals surface area contributed by atoms with Crippen LogP contribution in [0, 0.1) is 13.8 Å². The van der Waals surface area contributed by atoms with Crippen molar-refractivity contribution in [2.45, 2.75) is 25.7 Å². The van der Waals surface area contributed by atoms with Gasteiger partial charge in [0.05, 0.1) is 17.2 Å². The van der Waals surface area contributed by atoms with Crippen LogP contribution in [0.5, 0.6) is 0 Å². The summed E-state index contributed by atoms with van der Waals surface area (Å²) < 4.78 is 32.1. The molecule has 0 saturated carbocycles. The van der Waals surface area contributed by atoms with Crippen LogP contribution in [0.1, 0.15) is 18.1 Å². The van der Waals surface area contributed by atoms with E-state index in [0.29, 0.717) is 5.69 Å². The molecule has 0 bridgehead atoms. The lowest BCUT2D eigenvalue weighted by molar-refractivity contribution is -0.141. The van der Waals surface area contributed by atoms with Crippen molar-refractivity contribution < 1.29 is 17.9 Å². The van der Waals surface area contributed by atoms with Gasteiger partial charge < -0.3 is 4.74 Å². The van der Waals surface area contributed by atoms with Gasteiger partial charge in [0.2, 0.25) is 0 Å². The van der Waals surface area contributed by atoms with Crippen molar-refractivity contribution in [2.75, 3.05) is 17.5 Å². The molecule has 0 N–H and O–H groups in total. The highest BCUT2D eigenvalue weighted by Gasteiger charge is 2.28. The van der Waals surface area contributed by atoms with Gasteiger partial charge in [-0.05, 0) is 44.5 Å². The van der Waals surface area contributed by atoms with Gasteiger partial charge in [-0.15, -0.1) is 0 Å². The van der Waals surface area contributed by atoms with Gasteiger partial charge in [-0.2, -0.15) is 0 Å². The van der Waals surface area contributed by atoms with Crippen molar-refractivity contribution >= 4 is 21.7 Å². The highest BCUT2D eigenvalue weighted by Crippen LogP contribution is 2.26. The van der Waals surface area contributed by atoms with E-state index in [9.17, 15) is 13.2 Å². The van der Waals surface area contributed by atoms with Gasteiger partial charge in [-0.1, -0.05) is 35.9 Å². The Morgan fingerprint density at radius 3 is 2.25 bits per heavy atom. The molecule has 0 spiro atoms. The summed E-state index contributed by atoms with van der Waals surface area (Å²) in [5.41, 5.74) is 2.19. The van der Waals surface area contributed by atoms with E-state index in [0.717, 1.165) is 15.4 Å². The zero-order valence-corrected chi connectivity index (χ0v) is 14.8. The fraction of sp³-hybridized carbons (Fsp3) is 0.278. The average Bonchev–Trinajstić information content (AvgIpc) is 2.54. The molecule has 5 nitrogen and oxygen atoms in total. The van der Waals surface area contributed by atoms with E-state index < -0.39 is 16.0 Å². The summed E-state index contributed by atoms with van der Waals surface area (Å²) >= 11 is 0. The molecule has 0 saturated heterocycles. The number of carbonyl (C=O) groups excluding carboxylic acids is 1. The number of benzene rings is 2. The normalized spacial score (nSPS) is 11.1. The first-order chi connectivity index (χ1) is 11.4. The predicted molar refractivity (Wildman–Crippen MR) is 93.5 cm³/mol. The molecule has 0 atom stereocenters. The van der Waals surface area contributed by atoms with Crippen LogP contribution in [0.2, 0.25) is 0 Å². The summed E-state index contributed by atoms with van der Waals surface area (Å²) in [6.07, 6.45) is 0. The Morgan fingerprint density at radius 1 is 1.04 bits per heavy atom. The second kappa shape index (κ2) is 7.49. The molecular formula is C18H21NO4S. The average molecular weight is 347 g/mol. The molecular weight excluding hydrogens is 326 g/mol. The second-order valence-electron chi connectivity index (χ2n) is 5.42. The number of nitrogens with zero attached hydrogens (tertiary/aromatic N) is 1. The number of esters is 1. The summed E-state index contributed by atoms with van der Waals surface area (Å²) in [5, 5.41) is 0. The summed E-state index contributed by atoms with van der Waals surface area (Å²) in [6.45, 7) is 5.21. The topological polar surface area (TPSA) is 63.7 Å². The van der Waals surface area contributed by atoms with Crippen molar-refractivity contribution in [3.63, 3.8) is 0 Å². The Morgan fingerprint density at radius 2 is 1.67 bits per heavy atom. The Labute approximate surface area is 142 Å². The molecule has 2 aromatic carbocycles. The van der Waals surface area contributed by atoms with Gasteiger partial charge in [0, 0.05) is 0 Å². The van der Waals surface area contributed by atoms with Crippen LogP contribution in [0.3, 0.4) is 0 Å². The molecule has 0 aliphatic carbocycles. The Bertz CT molecular complexity index is 813. The maximum absolute atomic E-state index is 13.1. The number of hydrogen-bond acceptors (Lipinski definition) is 4. The maximum atomic E-state index is 13.1. The van der Waals surface area contributed by atoms with Gasteiger partial charge in [0.15, 0.2) is 0 Å². The van der Waals surface area contributed by atoms with E-state index in [4.69, 9.17) is 4.74 Å². The number of para-hydroxylation sites is 1. The molecule has 0 radical (unpaired) electrons. The first-order valence-electron chi connectivity index (χ1n) is 7.67. The zero-order chi connectivity index (χ0) is 17.7. The van der Waals surface area contributed by atoms with Crippen LogP contribution < -0.4 is 4.31 Å². The number of aryl methyl sites for hydroxylation is 2. The molecule has 0 aliphatic rings. The summed E-state index contributed by atoms with van der Waals surface area (Å²) in [7, 11) is -3.87. The van der Waals surface area contributed by atoms with E-state index in [1.165, 1.54) is 0 Å². The third-order valence-electron chi connectivity index (χ3n) is 3.57. The van der Waals surface area contributed by atoms with Crippen molar-refractivity contribution in [1.29, 1.82) is 0 Å². The largest absolute Gasteiger partial charge is 0.465 e. The molecule has 128 valence electrons. The minimum Gasteiger partial charge on any atom is -0.465 e. The van der Waals surface area contributed by atoms with Crippen LogP contribution in [-0.4, -0.2) is 27.5 Å². The minimum atomic E-state index is -3.87.